The van der Waals surface area contributed by atoms with Crippen molar-refractivity contribution in [3.63, 3.8) is 0 Å². The topological polar surface area (TPSA) is 32.5 Å². The van der Waals surface area contributed by atoms with Gasteiger partial charge in [-0.1, -0.05) is 0 Å². The summed E-state index contributed by atoms with van der Waals surface area (Å²) in [6, 6.07) is 1.85. The van der Waals surface area contributed by atoms with Crippen molar-refractivity contribution in [2.24, 2.45) is 5.73 Å². The first kappa shape index (κ1) is 12.0. The van der Waals surface area contributed by atoms with Gasteiger partial charge in [0.25, 0.3) is 0 Å². The summed E-state index contributed by atoms with van der Waals surface area (Å²) in [4.78, 5) is 4.97. The second-order valence-corrected chi connectivity index (χ2v) is 4.80. The molecule has 2 N–H and O–H groups in total. The summed E-state index contributed by atoms with van der Waals surface area (Å²) >= 11 is 0. The van der Waals surface area contributed by atoms with E-state index in [0.717, 1.165) is 13.1 Å². The second kappa shape index (κ2) is 5.10. The van der Waals surface area contributed by atoms with Crippen molar-refractivity contribution in [3.8, 4) is 0 Å². The number of likely N-dealkylation sites (N-methyl/N-ethyl adjacent to an activating group) is 1. The van der Waals surface area contributed by atoms with Crippen LogP contribution >= 0.6 is 0 Å². The van der Waals surface area contributed by atoms with Gasteiger partial charge in [-0.15, -0.1) is 0 Å². The minimum atomic E-state index is 0.530. The van der Waals surface area contributed by atoms with Crippen molar-refractivity contribution in [2.75, 3.05) is 26.7 Å². The van der Waals surface area contributed by atoms with Crippen LogP contribution in [0.15, 0.2) is 0 Å². The van der Waals surface area contributed by atoms with Gasteiger partial charge in [0, 0.05) is 31.2 Å². The zero-order valence-corrected chi connectivity index (χ0v) is 10.0. The average Bonchev–Trinajstić information content (AvgIpc) is 2.27. The standard InChI is InChI=1S/C11H25N3/c1-9(2)14-8-11(7-12)13(4)6-5-10(14)3/h9-11H,5-8,12H2,1-4H3. The van der Waals surface area contributed by atoms with E-state index in [9.17, 15) is 0 Å². The smallest absolute Gasteiger partial charge is 0.0342 e. The van der Waals surface area contributed by atoms with Gasteiger partial charge in [0.15, 0.2) is 0 Å². The van der Waals surface area contributed by atoms with Gasteiger partial charge in [-0.3, -0.25) is 4.90 Å². The molecule has 0 spiro atoms. The molecule has 2 unspecified atom stereocenters. The van der Waals surface area contributed by atoms with Crippen LogP contribution < -0.4 is 5.73 Å². The molecule has 3 heteroatoms. The van der Waals surface area contributed by atoms with Gasteiger partial charge in [-0.2, -0.15) is 0 Å². The maximum atomic E-state index is 5.80. The van der Waals surface area contributed by atoms with Crippen molar-refractivity contribution < 1.29 is 0 Å². The van der Waals surface area contributed by atoms with Crippen LogP contribution in [-0.4, -0.2) is 54.6 Å². The van der Waals surface area contributed by atoms with Crippen molar-refractivity contribution in [2.45, 2.75) is 45.3 Å². The molecular formula is C11H25N3. The first-order valence-electron chi connectivity index (χ1n) is 5.72. The quantitative estimate of drug-likeness (QED) is 0.712. The molecule has 0 aromatic carbocycles. The van der Waals surface area contributed by atoms with Crippen molar-refractivity contribution in [3.05, 3.63) is 0 Å². The Hall–Kier alpha value is -0.120. The Bertz CT molecular complexity index is 170. The van der Waals surface area contributed by atoms with E-state index in [-0.39, 0.29) is 0 Å². The fourth-order valence-electron chi connectivity index (χ4n) is 2.28. The zero-order valence-electron chi connectivity index (χ0n) is 10.0. The highest BCUT2D eigenvalue weighted by molar-refractivity contribution is 4.84. The van der Waals surface area contributed by atoms with Crippen LogP contribution in [0.1, 0.15) is 27.2 Å². The molecule has 1 heterocycles. The van der Waals surface area contributed by atoms with Crippen LogP contribution in [0.2, 0.25) is 0 Å². The van der Waals surface area contributed by atoms with Gasteiger partial charge >= 0.3 is 0 Å². The average molecular weight is 199 g/mol. The lowest BCUT2D eigenvalue weighted by atomic mass is 10.1. The molecule has 1 rings (SSSR count). The predicted octanol–water partition coefficient (Wildman–Crippen LogP) is 0.748. The van der Waals surface area contributed by atoms with Gasteiger partial charge in [0.1, 0.15) is 0 Å². The predicted molar refractivity (Wildman–Crippen MR) is 61.4 cm³/mol. The number of hydrogen-bond acceptors (Lipinski definition) is 3. The first-order chi connectivity index (χ1) is 6.56. The highest BCUT2D eigenvalue weighted by Crippen LogP contribution is 2.16. The third kappa shape index (κ3) is 2.69. The summed E-state index contributed by atoms with van der Waals surface area (Å²) in [7, 11) is 2.19. The van der Waals surface area contributed by atoms with Crippen molar-refractivity contribution >= 4 is 0 Å². The molecule has 1 saturated heterocycles. The van der Waals surface area contributed by atoms with E-state index in [1.54, 1.807) is 0 Å². The van der Waals surface area contributed by atoms with E-state index in [1.807, 2.05) is 0 Å². The monoisotopic (exact) mass is 199 g/mol. The maximum Gasteiger partial charge on any atom is 0.0342 e. The van der Waals surface area contributed by atoms with E-state index in [0.29, 0.717) is 18.1 Å². The SMILES string of the molecule is CC(C)N1CC(CN)N(C)CCC1C. The Morgan fingerprint density at radius 2 is 2.07 bits per heavy atom. The molecule has 0 amide bonds. The van der Waals surface area contributed by atoms with Crippen LogP contribution in [0.3, 0.4) is 0 Å². The number of hydrogen-bond donors (Lipinski definition) is 1. The van der Waals surface area contributed by atoms with Crippen LogP contribution in [0.25, 0.3) is 0 Å². The normalized spacial score (nSPS) is 32.1. The van der Waals surface area contributed by atoms with Crippen LogP contribution in [0.5, 0.6) is 0 Å². The molecule has 0 aliphatic carbocycles. The molecule has 84 valence electrons. The first-order valence-corrected chi connectivity index (χ1v) is 5.72. The Morgan fingerprint density at radius 3 is 2.57 bits per heavy atom. The van der Waals surface area contributed by atoms with E-state index in [1.165, 1.54) is 13.0 Å². The molecule has 1 aliphatic rings. The van der Waals surface area contributed by atoms with E-state index >= 15 is 0 Å². The largest absolute Gasteiger partial charge is 0.329 e. The third-order valence-corrected chi connectivity index (χ3v) is 3.45. The Balaban J connectivity index is 2.66. The Morgan fingerprint density at radius 1 is 1.43 bits per heavy atom. The molecule has 3 nitrogen and oxygen atoms in total. The molecule has 0 radical (unpaired) electrons. The molecule has 0 bridgehead atoms. The van der Waals surface area contributed by atoms with Crippen molar-refractivity contribution in [1.82, 2.24) is 9.80 Å². The molecule has 0 saturated carbocycles. The fraction of sp³-hybridized carbons (Fsp3) is 1.00. The summed E-state index contributed by atoms with van der Waals surface area (Å²) in [6.07, 6.45) is 1.26. The fourth-order valence-corrected chi connectivity index (χ4v) is 2.28. The van der Waals surface area contributed by atoms with E-state index in [2.05, 4.69) is 37.6 Å². The van der Waals surface area contributed by atoms with Crippen molar-refractivity contribution in [1.29, 1.82) is 0 Å². The highest BCUT2D eigenvalue weighted by Gasteiger charge is 2.26. The van der Waals surface area contributed by atoms with E-state index < -0.39 is 0 Å². The highest BCUT2D eigenvalue weighted by atomic mass is 15.3. The lowest BCUT2D eigenvalue weighted by Gasteiger charge is -2.33. The Labute approximate surface area is 88.2 Å². The molecule has 1 fully saturated rings. The summed E-state index contributed by atoms with van der Waals surface area (Å²) in [5, 5.41) is 0. The van der Waals surface area contributed by atoms with Gasteiger partial charge in [0.2, 0.25) is 0 Å². The van der Waals surface area contributed by atoms with Crippen LogP contribution in [0.4, 0.5) is 0 Å². The lowest BCUT2D eigenvalue weighted by molar-refractivity contribution is 0.148. The lowest BCUT2D eigenvalue weighted by Crippen LogP contribution is -2.47. The van der Waals surface area contributed by atoms with Gasteiger partial charge < -0.3 is 10.6 Å². The van der Waals surface area contributed by atoms with Gasteiger partial charge in [0.05, 0.1) is 0 Å². The molecule has 0 aromatic heterocycles. The molecule has 1 aliphatic heterocycles. The minimum Gasteiger partial charge on any atom is -0.329 e. The summed E-state index contributed by atoms with van der Waals surface area (Å²) in [6.45, 7) is 9.93. The number of nitrogens with zero attached hydrogens (tertiary/aromatic N) is 2. The van der Waals surface area contributed by atoms with Crippen LogP contribution in [0, 0.1) is 0 Å². The summed E-state index contributed by atoms with van der Waals surface area (Å²) < 4.78 is 0. The summed E-state index contributed by atoms with van der Waals surface area (Å²) in [5.41, 5.74) is 5.80. The van der Waals surface area contributed by atoms with Gasteiger partial charge in [-0.05, 0) is 40.8 Å². The zero-order chi connectivity index (χ0) is 10.7. The number of nitrogens with two attached hydrogens (primary N) is 1. The van der Waals surface area contributed by atoms with E-state index in [4.69, 9.17) is 5.73 Å². The molecular weight excluding hydrogens is 174 g/mol. The number of rotatable bonds is 2. The molecule has 14 heavy (non-hydrogen) atoms. The molecule has 0 aromatic rings. The molecule has 2 atom stereocenters. The Kier molecular flexibility index (Phi) is 4.35. The minimum absolute atomic E-state index is 0.530. The maximum absolute atomic E-state index is 5.80. The summed E-state index contributed by atoms with van der Waals surface area (Å²) in [5.74, 6) is 0. The van der Waals surface area contributed by atoms with Gasteiger partial charge in [-0.25, -0.2) is 0 Å². The third-order valence-electron chi connectivity index (χ3n) is 3.45. The van der Waals surface area contributed by atoms with Crippen LogP contribution in [-0.2, 0) is 0 Å². The second-order valence-electron chi connectivity index (χ2n) is 4.80.